The van der Waals surface area contributed by atoms with Gasteiger partial charge in [-0.25, -0.2) is 4.39 Å². The molecule has 0 saturated heterocycles. The molecule has 0 atom stereocenters. The monoisotopic (exact) mass is 477 g/mol. The molecular weight excluding hydrogens is 453 g/mol. The number of carbonyl (C=O) groups is 1. The number of allylic oxidation sites excluding steroid dienone is 1. The first-order valence-corrected chi connectivity index (χ1v) is 11.5. The second-order valence-corrected chi connectivity index (χ2v) is 8.46. The van der Waals surface area contributed by atoms with E-state index >= 15 is 0 Å². The van der Waals surface area contributed by atoms with Crippen LogP contribution in [-0.2, 0) is 4.79 Å². The number of hydrogen-bond donors (Lipinski definition) is 1. The Bertz CT molecular complexity index is 1550. The highest BCUT2D eigenvalue weighted by atomic mass is 19.1. The molecular formula is C31H24FNO3. The van der Waals surface area contributed by atoms with Crippen molar-refractivity contribution >= 4 is 28.1 Å². The minimum atomic E-state index is -0.358. The van der Waals surface area contributed by atoms with Crippen LogP contribution in [0.5, 0.6) is 5.75 Å². The van der Waals surface area contributed by atoms with E-state index in [0.717, 1.165) is 38.8 Å². The van der Waals surface area contributed by atoms with E-state index in [-0.39, 0.29) is 11.7 Å². The zero-order valence-corrected chi connectivity index (χ0v) is 19.9. The zero-order chi connectivity index (χ0) is 25.1. The first-order chi connectivity index (χ1) is 17.5. The maximum Gasteiger partial charge on any atom is 0.248 e. The molecule has 0 aliphatic carbocycles. The van der Waals surface area contributed by atoms with Crippen LogP contribution in [0.3, 0.4) is 0 Å². The number of ether oxygens (including phenoxy) is 1. The molecule has 1 aromatic heterocycles. The summed E-state index contributed by atoms with van der Waals surface area (Å²) in [6.07, 6.45) is 3.24. The van der Waals surface area contributed by atoms with Crippen molar-refractivity contribution in [2.75, 3.05) is 12.4 Å². The maximum atomic E-state index is 13.1. The van der Waals surface area contributed by atoms with Crippen LogP contribution in [0.4, 0.5) is 10.1 Å². The van der Waals surface area contributed by atoms with Crippen LogP contribution < -0.4 is 10.1 Å². The van der Waals surface area contributed by atoms with Gasteiger partial charge < -0.3 is 14.5 Å². The van der Waals surface area contributed by atoms with Crippen molar-refractivity contribution in [3.63, 3.8) is 0 Å². The Morgan fingerprint density at radius 1 is 0.889 bits per heavy atom. The van der Waals surface area contributed by atoms with Gasteiger partial charge in [0.15, 0.2) is 0 Å². The van der Waals surface area contributed by atoms with Crippen LogP contribution >= 0.6 is 0 Å². The van der Waals surface area contributed by atoms with Gasteiger partial charge in [0.25, 0.3) is 0 Å². The van der Waals surface area contributed by atoms with Crippen molar-refractivity contribution in [3.8, 4) is 28.0 Å². The number of hydrogen-bond acceptors (Lipinski definition) is 3. The molecule has 0 aliphatic rings. The number of amides is 1. The molecule has 0 bridgehead atoms. The molecule has 0 saturated carbocycles. The average Bonchev–Trinajstić information content (AvgIpc) is 3.32. The Labute approximate surface area is 208 Å². The average molecular weight is 478 g/mol. The zero-order valence-electron chi connectivity index (χ0n) is 19.9. The van der Waals surface area contributed by atoms with E-state index in [9.17, 15) is 9.18 Å². The number of fused-ring (bicyclic) bond motifs is 1. The molecule has 5 heteroatoms. The molecule has 1 N–H and O–H groups in total. The summed E-state index contributed by atoms with van der Waals surface area (Å²) in [4.78, 5) is 12.6. The van der Waals surface area contributed by atoms with Crippen LogP contribution in [0, 0.1) is 5.82 Å². The van der Waals surface area contributed by atoms with E-state index in [0.29, 0.717) is 17.0 Å². The van der Waals surface area contributed by atoms with Crippen LogP contribution in [0.2, 0.25) is 0 Å². The fourth-order valence-corrected chi connectivity index (χ4v) is 4.21. The van der Waals surface area contributed by atoms with Crippen molar-refractivity contribution in [1.82, 2.24) is 0 Å². The molecule has 5 aromatic rings. The number of benzene rings is 4. The van der Waals surface area contributed by atoms with E-state index in [1.807, 2.05) is 37.3 Å². The molecule has 0 spiro atoms. The van der Waals surface area contributed by atoms with Gasteiger partial charge in [-0.15, -0.1) is 0 Å². The predicted octanol–water partition coefficient (Wildman–Crippen LogP) is 7.96. The first-order valence-electron chi connectivity index (χ1n) is 11.5. The van der Waals surface area contributed by atoms with Gasteiger partial charge in [0.1, 0.15) is 17.1 Å². The highest BCUT2D eigenvalue weighted by Crippen LogP contribution is 2.38. The lowest BCUT2D eigenvalue weighted by Crippen LogP contribution is -2.08. The SMILES string of the molecule is COc1cc2occ(-c3ccc(-c4ccccc4)cc3)c2cc1/C(C)=C/C(=O)Nc1ccc(F)cc1. The number of carbonyl (C=O) groups excluding carboxylic acids is 1. The van der Waals surface area contributed by atoms with Crippen LogP contribution in [0.1, 0.15) is 12.5 Å². The summed E-state index contributed by atoms with van der Waals surface area (Å²) in [6.45, 7) is 1.85. The molecule has 0 unspecified atom stereocenters. The van der Waals surface area contributed by atoms with Crippen molar-refractivity contribution in [3.05, 3.63) is 115 Å². The largest absolute Gasteiger partial charge is 0.496 e. The van der Waals surface area contributed by atoms with Crippen LogP contribution in [-0.4, -0.2) is 13.0 Å². The number of furan rings is 1. The third kappa shape index (κ3) is 4.77. The van der Waals surface area contributed by atoms with Crippen molar-refractivity contribution in [2.45, 2.75) is 6.92 Å². The number of nitrogens with one attached hydrogen (secondary N) is 1. The standard InChI is InChI=1S/C31H24FNO3/c1-20(16-31(34)33-25-14-12-24(32)13-15-25)26-17-27-28(19-36-30(27)18-29(26)35-2)23-10-8-22(9-11-23)21-6-4-3-5-7-21/h3-19H,1-2H3,(H,33,34)/b20-16+. The summed E-state index contributed by atoms with van der Waals surface area (Å²) >= 11 is 0. The van der Waals surface area contributed by atoms with E-state index in [2.05, 4.69) is 41.7 Å². The Hall–Kier alpha value is -4.64. The summed E-state index contributed by atoms with van der Waals surface area (Å²) in [6, 6.07) is 28.0. The summed E-state index contributed by atoms with van der Waals surface area (Å²) in [5.74, 6) is -0.0697. The van der Waals surface area contributed by atoms with Gasteiger partial charge in [-0.3, -0.25) is 4.79 Å². The highest BCUT2D eigenvalue weighted by Gasteiger charge is 2.15. The van der Waals surface area contributed by atoms with E-state index in [1.54, 1.807) is 13.4 Å². The summed E-state index contributed by atoms with van der Waals surface area (Å²) in [5.41, 5.74) is 7.00. The molecule has 1 amide bonds. The van der Waals surface area contributed by atoms with Crippen molar-refractivity contribution < 1.29 is 18.3 Å². The topological polar surface area (TPSA) is 51.5 Å². The lowest BCUT2D eigenvalue weighted by Gasteiger charge is -2.10. The number of anilines is 1. The molecule has 4 aromatic carbocycles. The summed E-state index contributed by atoms with van der Waals surface area (Å²) in [7, 11) is 1.59. The Kier molecular flexibility index (Phi) is 6.37. The van der Waals surface area contributed by atoms with Crippen LogP contribution in [0.15, 0.2) is 108 Å². The second-order valence-electron chi connectivity index (χ2n) is 8.46. The van der Waals surface area contributed by atoms with Gasteiger partial charge in [0.2, 0.25) is 5.91 Å². The maximum absolute atomic E-state index is 13.1. The Balaban J connectivity index is 1.47. The molecule has 0 fully saturated rings. The molecule has 0 radical (unpaired) electrons. The molecule has 0 aliphatic heterocycles. The third-order valence-electron chi connectivity index (χ3n) is 6.08. The quantitative estimate of drug-likeness (QED) is 0.252. The second kappa shape index (κ2) is 9.92. The van der Waals surface area contributed by atoms with Crippen LogP contribution in [0.25, 0.3) is 38.8 Å². The minimum absolute atomic E-state index is 0.315. The van der Waals surface area contributed by atoms with E-state index in [1.165, 1.54) is 30.3 Å². The molecule has 5 rings (SSSR count). The van der Waals surface area contributed by atoms with Gasteiger partial charge in [-0.05, 0) is 59.5 Å². The normalized spacial score (nSPS) is 11.5. The van der Waals surface area contributed by atoms with Gasteiger partial charge >= 0.3 is 0 Å². The van der Waals surface area contributed by atoms with E-state index < -0.39 is 0 Å². The third-order valence-corrected chi connectivity index (χ3v) is 6.08. The highest BCUT2D eigenvalue weighted by molar-refractivity contribution is 6.05. The Morgan fingerprint density at radius 3 is 2.25 bits per heavy atom. The van der Waals surface area contributed by atoms with Gasteiger partial charge in [-0.2, -0.15) is 0 Å². The van der Waals surface area contributed by atoms with Crippen molar-refractivity contribution in [1.29, 1.82) is 0 Å². The number of rotatable bonds is 6. The molecule has 178 valence electrons. The minimum Gasteiger partial charge on any atom is -0.496 e. The molecule has 4 nitrogen and oxygen atoms in total. The molecule has 36 heavy (non-hydrogen) atoms. The smallest absolute Gasteiger partial charge is 0.248 e. The van der Waals surface area contributed by atoms with Gasteiger partial charge in [0.05, 0.1) is 13.4 Å². The molecule has 1 heterocycles. The van der Waals surface area contributed by atoms with Gasteiger partial charge in [-0.1, -0.05) is 54.6 Å². The summed E-state index contributed by atoms with van der Waals surface area (Å²) < 4.78 is 24.6. The fourth-order valence-electron chi connectivity index (χ4n) is 4.21. The number of halogens is 1. The number of methoxy groups -OCH3 is 1. The lowest BCUT2D eigenvalue weighted by atomic mass is 9.97. The lowest BCUT2D eigenvalue weighted by molar-refractivity contribution is -0.111. The Morgan fingerprint density at radius 2 is 1.56 bits per heavy atom. The first kappa shape index (κ1) is 23.1. The summed E-state index contributed by atoms with van der Waals surface area (Å²) in [5, 5.41) is 3.68. The van der Waals surface area contributed by atoms with Gasteiger partial charge in [0, 0.05) is 34.3 Å². The van der Waals surface area contributed by atoms with Crippen molar-refractivity contribution in [2.24, 2.45) is 0 Å². The van der Waals surface area contributed by atoms with E-state index in [4.69, 9.17) is 9.15 Å². The predicted molar refractivity (Wildman–Crippen MR) is 142 cm³/mol. The fraction of sp³-hybridized carbons (Fsp3) is 0.0645.